The lowest BCUT2D eigenvalue weighted by molar-refractivity contribution is 0.781. The van der Waals surface area contributed by atoms with E-state index < -0.39 is 0 Å². The highest BCUT2D eigenvalue weighted by atomic mass is 15.2. The van der Waals surface area contributed by atoms with Crippen LogP contribution in [0.25, 0.3) is 10.8 Å². The lowest BCUT2D eigenvalue weighted by Crippen LogP contribution is -2.21. The van der Waals surface area contributed by atoms with Crippen LogP contribution in [-0.2, 0) is 0 Å². The predicted molar refractivity (Wildman–Crippen MR) is 81.4 cm³/mol. The molecule has 0 aliphatic heterocycles. The van der Waals surface area contributed by atoms with E-state index >= 15 is 0 Å². The Kier molecular flexibility index (Phi) is 3.56. The Morgan fingerprint density at radius 2 is 1.75 bits per heavy atom. The summed E-state index contributed by atoms with van der Waals surface area (Å²) in [5.41, 5.74) is 7.03. The van der Waals surface area contributed by atoms with Crippen molar-refractivity contribution in [3.8, 4) is 0 Å². The summed E-state index contributed by atoms with van der Waals surface area (Å²) in [7, 11) is 0. The molecule has 100 valence electrons. The van der Waals surface area contributed by atoms with Crippen molar-refractivity contribution < 1.29 is 0 Å². The minimum atomic E-state index is 0.0244. The summed E-state index contributed by atoms with van der Waals surface area (Å²) in [6.07, 6.45) is 1.76. The van der Waals surface area contributed by atoms with Crippen molar-refractivity contribution in [1.82, 2.24) is 10.2 Å². The molecular weight excluding hydrogens is 248 g/mol. The minimum absolute atomic E-state index is 0.0244. The van der Waals surface area contributed by atoms with Gasteiger partial charge < -0.3 is 11.1 Å². The minimum Gasteiger partial charge on any atom is -0.360 e. The van der Waals surface area contributed by atoms with Crippen molar-refractivity contribution in [1.29, 1.82) is 0 Å². The van der Waals surface area contributed by atoms with Gasteiger partial charge in [0.25, 0.3) is 0 Å². The van der Waals surface area contributed by atoms with Crippen molar-refractivity contribution in [2.75, 3.05) is 11.9 Å². The summed E-state index contributed by atoms with van der Waals surface area (Å²) in [6.45, 7) is 0.495. The summed E-state index contributed by atoms with van der Waals surface area (Å²) in [4.78, 5) is 0. The highest BCUT2D eigenvalue weighted by Crippen LogP contribution is 2.23. The first kappa shape index (κ1) is 12.6. The molecule has 20 heavy (non-hydrogen) atoms. The van der Waals surface area contributed by atoms with Crippen LogP contribution in [0.2, 0.25) is 0 Å². The van der Waals surface area contributed by atoms with Crippen LogP contribution in [0, 0.1) is 0 Å². The van der Waals surface area contributed by atoms with Gasteiger partial charge in [0.2, 0.25) is 0 Å². The summed E-state index contributed by atoms with van der Waals surface area (Å²) < 4.78 is 0. The van der Waals surface area contributed by atoms with Gasteiger partial charge in [-0.15, -0.1) is 5.10 Å². The third-order valence-electron chi connectivity index (χ3n) is 3.32. The fraction of sp³-hybridized carbons (Fsp3) is 0.125. The first-order valence-corrected chi connectivity index (χ1v) is 6.60. The summed E-state index contributed by atoms with van der Waals surface area (Å²) in [5, 5.41) is 13.7. The lowest BCUT2D eigenvalue weighted by atomic mass is 10.1. The smallest absolute Gasteiger partial charge is 0.157 e. The van der Waals surface area contributed by atoms with E-state index in [1.165, 1.54) is 0 Å². The lowest BCUT2D eigenvalue weighted by Gasteiger charge is -2.18. The van der Waals surface area contributed by atoms with Crippen LogP contribution < -0.4 is 11.1 Å². The Bertz CT molecular complexity index is 692. The zero-order valence-corrected chi connectivity index (χ0v) is 11.0. The van der Waals surface area contributed by atoms with Crippen LogP contribution in [0.5, 0.6) is 0 Å². The van der Waals surface area contributed by atoms with E-state index in [1.807, 2.05) is 42.5 Å². The molecule has 1 atom stereocenters. The Labute approximate surface area is 117 Å². The van der Waals surface area contributed by atoms with Crippen LogP contribution in [-0.4, -0.2) is 16.7 Å². The average molecular weight is 264 g/mol. The number of nitrogens with zero attached hydrogens (tertiary/aromatic N) is 2. The second kappa shape index (κ2) is 5.67. The van der Waals surface area contributed by atoms with Crippen molar-refractivity contribution in [3.05, 3.63) is 66.4 Å². The SMILES string of the molecule is NCC(Nc1nncc2ccccc12)c1ccccc1. The van der Waals surface area contributed by atoms with Crippen LogP contribution >= 0.6 is 0 Å². The molecule has 3 N–H and O–H groups in total. The number of aromatic nitrogens is 2. The summed E-state index contributed by atoms with van der Waals surface area (Å²) in [5.74, 6) is 0.766. The van der Waals surface area contributed by atoms with Crippen molar-refractivity contribution in [2.24, 2.45) is 5.73 Å². The van der Waals surface area contributed by atoms with E-state index in [0.29, 0.717) is 6.54 Å². The fourth-order valence-corrected chi connectivity index (χ4v) is 2.26. The molecule has 0 aliphatic rings. The Balaban J connectivity index is 1.96. The normalized spacial score (nSPS) is 12.2. The molecule has 0 saturated carbocycles. The summed E-state index contributed by atoms with van der Waals surface area (Å²) in [6, 6.07) is 18.2. The molecule has 1 aromatic heterocycles. The maximum absolute atomic E-state index is 5.89. The number of nitrogens with one attached hydrogen (secondary N) is 1. The van der Waals surface area contributed by atoms with Gasteiger partial charge in [-0.3, -0.25) is 0 Å². The zero-order chi connectivity index (χ0) is 13.8. The quantitative estimate of drug-likeness (QED) is 0.760. The molecule has 4 nitrogen and oxygen atoms in total. The molecule has 0 saturated heterocycles. The number of anilines is 1. The summed E-state index contributed by atoms with van der Waals surface area (Å²) >= 11 is 0. The van der Waals surface area contributed by atoms with E-state index in [9.17, 15) is 0 Å². The van der Waals surface area contributed by atoms with Gasteiger partial charge in [0.1, 0.15) is 0 Å². The number of rotatable bonds is 4. The van der Waals surface area contributed by atoms with Gasteiger partial charge in [-0.2, -0.15) is 5.10 Å². The molecule has 4 heteroatoms. The molecule has 0 radical (unpaired) electrons. The molecule has 3 rings (SSSR count). The largest absolute Gasteiger partial charge is 0.360 e. The Hall–Kier alpha value is -2.46. The molecule has 1 unspecified atom stereocenters. The molecule has 0 amide bonds. The second-order valence-electron chi connectivity index (χ2n) is 4.62. The van der Waals surface area contributed by atoms with E-state index in [4.69, 9.17) is 5.73 Å². The monoisotopic (exact) mass is 264 g/mol. The first-order valence-electron chi connectivity index (χ1n) is 6.60. The molecule has 0 aliphatic carbocycles. The number of nitrogens with two attached hydrogens (primary N) is 1. The van der Waals surface area contributed by atoms with Gasteiger partial charge in [-0.1, -0.05) is 54.6 Å². The van der Waals surface area contributed by atoms with E-state index in [2.05, 4.69) is 27.6 Å². The molecular formula is C16H16N4. The van der Waals surface area contributed by atoms with Crippen LogP contribution in [0.3, 0.4) is 0 Å². The van der Waals surface area contributed by atoms with Gasteiger partial charge in [-0.05, 0) is 5.56 Å². The average Bonchev–Trinajstić information content (AvgIpc) is 2.53. The van der Waals surface area contributed by atoms with Crippen LogP contribution in [0.15, 0.2) is 60.8 Å². The van der Waals surface area contributed by atoms with Crippen molar-refractivity contribution in [3.63, 3.8) is 0 Å². The highest BCUT2D eigenvalue weighted by molar-refractivity contribution is 5.90. The van der Waals surface area contributed by atoms with Gasteiger partial charge in [-0.25, -0.2) is 0 Å². The van der Waals surface area contributed by atoms with Gasteiger partial charge in [0.05, 0.1) is 12.2 Å². The molecule has 0 bridgehead atoms. The third kappa shape index (κ3) is 2.46. The topological polar surface area (TPSA) is 63.8 Å². The van der Waals surface area contributed by atoms with E-state index in [0.717, 1.165) is 22.2 Å². The highest BCUT2D eigenvalue weighted by Gasteiger charge is 2.11. The number of hydrogen-bond donors (Lipinski definition) is 2. The van der Waals surface area contributed by atoms with Gasteiger partial charge >= 0.3 is 0 Å². The molecule has 0 spiro atoms. The van der Waals surface area contributed by atoms with Crippen molar-refractivity contribution in [2.45, 2.75) is 6.04 Å². The van der Waals surface area contributed by atoms with Crippen LogP contribution in [0.4, 0.5) is 5.82 Å². The molecule has 2 aromatic carbocycles. The molecule has 3 aromatic rings. The zero-order valence-electron chi connectivity index (χ0n) is 11.0. The molecule has 0 fully saturated rings. The number of fused-ring (bicyclic) bond motifs is 1. The van der Waals surface area contributed by atoms with Gasteiger partial charge in [0.15, 0.2) is 5.82 Å². The Morgan fingerprint density at radius 1 is 1.00 bits per heavy atom. The standard InChI is InChI=1S/C16H16N4/c17-10-15(12-6-2-1-3-7-12)19-16-14-9-5-4-8-13(14)11-18-20-16/h1-9,11,15H,10,17H2,(H,19,20). The Morgan fingerprint density at radius 3 is 2.55 bits per heavy atom. The van der Waals surface area contributed by atoms with Crippen molar-refractivity contribution >= 4 is 16.6 Å². The van der Waals surface area contributed by atoms with E-state index in [1.54, 1.807) is 6.20 Å². The predicted octanol–water partition coefficient (Wildman–Crippen LogP) is 2.74. The maximum atomic E-state index is 5.89. The number of hydrogen-bond acceptors (Lipinski definition) is 4. The molecule has 1 heterocycles. The first-order chi connectivity index (χ1) is 9.88. The van der Waals surface area contributed by atoms with Crippen LogP contribution in [0.1, 0.15) is 11.6 Å². The van der Waals surface area contributed by atoms with E-state index in [-0.39, 0.29) is 6.04 Å². The fourth-order valence-electron chi connectivity index (χ4n) is 2.26. The maximum Gasteiger partial charge on any atom is 0.157 e. The third-order valence-corrected chi connectivity index (χ3v) is 3.32. The van der Waals surface area contributed by atoms with Gasteiger partial charge in [0, 0.05) is 17.3 Å². The number of benzene rings is 2. The second-order valence-corrected chi connectivity index (χ2v) is 4.62.